The number of aromatic nitrogens is 2. The molecule has 3 rings (SSSR count). The van der Waals surface area contributed by atoms with Crippen LogP contribution in [0.3, 0.4) is 0 Å². The molecule has 1 aromatic carbocycles. The molecule has 0 amide bonds. The Morgan fingerprint density at radius 3 is 2.86 bits per heavy atom. The number of rotatable bonds is 5. The number of carbonyl (C=O) groups is 1. The predicted octanol–water partition coefficient (Wildman–Crippen LogP) is 3.43. The van der Waals surface area contributed by atoms with Crippen molar-refractivity contribution in [3.63, 3.8) is 0 Å². The van der Waals surface area contributed by atoms with E-state index < -0.39 is 11.9 Å². The predicted molar refractivity (Wildman–Crippen MR) is 71.7 cm³/mol. The van der Waals surface area contributed by atoms with Gasteiger partial charge in [0.2, 0.25) is 0 Å². The standard InChI is InChI=1S/C15H15FN2O3/c1-8(19)12-6-5-11(7-13(12)16)20-9(2)15-17-14(18-21-15)10-3-4-10/h5-7,9-10H,3-4H2,1-2H3. The lowest BCUT2D eigenvalue weighted by molar-refractivity contribution is 0.101. The highest BCUT2D eigenvalue weighted by atomic mass is 19.1. The van der Waals surface area contributed by atoms with Crippen molar-refractivity contribution in [2.24, 2.45) is 0 Å². The van der Waals surface area contributed by atoms with Crippen molar-refractivity contribution in [2.75, 3.05) is 0 Å². The molecule has 1 atom stereocenters. The first kappa shape index (κ1) is 13.7. The first-order valence-electron chi connectivity index (χ1n) is 6.85. The maximum atomic E-state index is 13.7. The van der Waals surface area contributed by atoms with E-state index in [1.54, 1.807) is 13.0 Å². The lowest BCUT2D eigenvalue weighted by Gasteiger charge is -2.11. The topological polar surface area (TPSA) is 65.2 Å². The van der Waals surface area contributed by atoms with Crippen molar-refractivity contribution in [3.05, 3.63) is 41.3 Å². The van der Waals surface area contributed by atoms with Gasteiger partial charge in [-0.15, -0.1) is 0 Å². The number of halogens is 1. The minimum Gasteiger partial charge on any atom is -0.481 e. The molecule has 5 nitrogen and oxygen atoms in total. The first-order valence-corrected chi connectivity index (χ1v) is 6.85. The molecule has 0 saturated heterocycles. The van der Waals surface area contributed by atoms with Gasteiger partial charge in [-0.2, -0.15) is 4.98 Å². The molecule has 0 bridgehead atoms. The van der Waals surface area contributed by atoms with Crippen molar-refractivity contribution in [1.29, 1.82) is 0 Å². The van der Waals surface area contributed by atoms with Crippen molar-refractivity contribution in [3.8, 4) is 5.75 Å². The van der Waals surface area contributed by atoms with Crippen molar-refractivity contribution >= 4 is 5.78 Å². The van der Waals surface area contributed by atoms with Crippen LogP contribution in [0.1, 0.15) is 60.8 Å². The second-order valence-electron chi connectivity index (χ2n) is 5.22. The van der Waals surface area contributed by atoms with E-state index >= 15 is 0 Å². The molecule has 21 heavy (non-hydrogen) atoms. The zero-order valence-electron chi connectivity index (χ0n) is 11.8. The van der Waals surface area contributed by atoms with Crippen LogP contribution in [-0.4, -0.2) is 15.9 Å². The summed E-state index contributed by atoms with van der Waals surface area (Å²) in [7, 11) is 0. The molecular formula is C15H15FN2O3. The summed E-state index contributed by atoms with van der Waals surface area (Å²) < 4.78 is 24.5. The maximum absolute atomic E-state index is 13.7. The third-order valence-electron chi connectivity index (χ3n) is 3.38. The van der Waals surface area contributed by atoms with Gasteiger partial charge < -0.3 is 9.26 Å². The Morgan fingerprint density at radius 2 is 2.24 bits per heavy atom. The second-order valence-corrected chi connectivity index (χ2v) is 5.22. The minimum absolute atomic E-state index is 0.0452. The summed E-state index contributed by atoms with van der Waals surface area (Å²) in [6.07, 6.45) is 1.70. The molecule has 0 spiro atoms. The Labute approximate surface area is 121 Å². The SMILES string of the molecule is CC(=O)c1ccc(OC(C)c2nc(C3CC3)no2)cc1F. The number of ether oxygens (including phenoxy) is 1. The third kappa shape index (κ3) is 2.94. The summed E-state index contributed by atoms with van der Waals surface area (Å²) >= 11 is 0. The van der Waals surface area contributed by atoms with Crippen LogP contribution in [0.5, 0.6) is 5.75 Å². The van der Waals surface area contributed by atoms with E-state index in [0.717, 1.165) is 12.8 Å². The number of hydrogen-bond donors (Lipinski definition) is 0. The van der Waals surface area contributed by atoms with Crippen molar-refractivity contribution in [2.45, 2.75) is 38.7 Å². The molecule has 2 aromatic rings. The second kappa shape index (κ2) is 5.27. The molecule has 0 N–H and O–H groups in total. The van der Waals surface area contributed by atoms with Gasteiger partial charge in [-0.05, 0) is 38.8 Å². The molecule has 1 saturated carbocycles. The summed E-state index contributed by atoms with van der Waals surface area (Å²) in [5.74, 6) is 0.874. The molecule has 1 unspecified atom stereocenters. The van der Waals surface area contributed by atoms with Gasteiger partial charge in [-0.3, -0.25) is 4.79 Å². The van der Waals surface area contributed by atoms with Crippen LogP contribution >= 0.6 is 0 Å². The Bertz CT molecular complexity index is 679. The molecule has 1 aromatic heterocycles. The quantitative estimate of drug-likeness (QED) is 0.789. The molecule has 0 radical (unpaired) electrons. The Kier molecular flexibility index (Phi) is 3.45. The molecule has 0 aliphatic heterocycles. The monoisotopic (exact) mass is 290 g/mol. The fourth-order valence-corrected chi connectivity index (χ4v) is 2.03. The van der Waals surface area contributed by atoms with Crippen LogP contribution in [0.2, 0.25) is 0 Å². The molecule has 110 valence electrons. The van der Waals surface area contributed by atoms with Crippen LogP contribution in [0, 0.1) is 5.82 Å². The van der Waals surface area contributed by atoms with Crippen LogP contribution < -0.4 is 4.74 Å². The fourth-order valence-electron chi connectivity index (χ4n) is 2.03. The lowest BCUT2D eigenvalue weighted by Crippen LogP contribution is -2.05. The summed E-state index contributed by atoms with van der Waals surface area (Å²) in [4.78, 5) is 15.5. The van der Waals surface area contributed by atoms with Crippen LogP contribution in [-0.2, 0) is 0 Å². The number of carbonyl (C=O) groups excluding carboxylic acids is 1. The van der Waals surface area contributed by atoms with Crippen LogP contribution in [0.15, 0.2) is 22.7 Å². The smallest absolute Gasteiger partial charge is 0.267 e. The first-order chi connectivity index (χ1) is 10.0. The Hall–Kier alpha value is -2.24. The minimum atomic E-state index is -0.601. The van der Waals surface area contributed by atoms with E-state index in [9.17, 15) is 9.18 Å². The van der Waals surface area contributed by atoms with Crippen molar-refractivity contribution in [1.82, 2.24) is 10.1 Å². The zero-order valence-corrected chi connectivity index (χ0v) is 11.8. The van der Waals surface area contributed by atoms with Gasteiger partial charge in [0.05, 0.1) is 5.56 Å². The number of benzene rings is 1. The van der Waals surface area contributed by atoms with E-state index in [1.807, 2.05) is 0 Å². The summed E-state index contributed by atoms with van der Waals surface area (Å²) in [6, 6.07) is 4.14. The number of nitrogens with zero attached hydrogens (tertiary/aromatic N) is 2. The average molecular weight is 290 g/mol. The van der Waals surface area contributed by atoms with Gasteiger partial charge in [-0.25, -0.2) is 4.39 Å². The Balaban J connectivity index is 1.72. The van der Waals surface area contributed by atoms with Gasteiger partial charge in [0.15, 0.2) is 17.7 Å². The van der Waals surface area contributed by atoms with Gasteiger partial charge in [0.1, 0.15) is 11.6 Å². The number of Topliss-reactive ketones (excluding diaryl/α,β-unsaturated/α-hetero) is 1. The highest BCUT2D eigenvalue weighted by Crippen LogP contribution is 2.38. The molecule has 1 aliphatic rings. The third-order valence-corrected chi connectivity index (χ3v) is 3.38. The number of ketones is 1. The largest absolute Gasteiger partial charge is 0.481 e. The number of hydrogen-bond acceptors (Lipinski definition) is 5. The molecule has 6 heteroatoms. The van der Waals surface area contributed by atoms with E-state index in [4.69, 9.17) is 9.26 Å². The van der Waals surface area contributed by atoms with Crippen LogP contribution in [0.25, 0.3) is 0 Å². The highest BCUT2D eigenvalue weighted by Gasteiger charge is 2.30. The summed E-state index contributed by atoms with van der Waals surface area (Å²) in [5, 5.41) is 3.91. The van der Waals surface area contributed by atoms with Gasteiger partial charge in [0, 0.05) is 12.0 Å². The zero-order chi connectivity index (χ0) is 15.0. The molecule has 1 aliphatic carbocycles. The molecular weight excluding hydrogens is 275 g/mol. The van der Waals surface area contributed by atoms with Gasteiger partial charge >= 0.3 is 0 Å². The van der Waals surface area contributed by atoms with Crippen LogP contribution in [0.4, 0.5) is 4.39 Å². The highest BCUT2D eigenvalue weighted by molar-refractivity contribution is 5.94. The fraction of sp³-hybridized carbons (Fsp3) is 0.400. The lowest BCUT2D eigenvalue weighted by atomic mass is 10.1. The average Bonchev–Trinajstić information content (AvgIpc) is 3.16. The Morgan fingerprint density at radius 1 is 1.48 bits per heavy atom. The van der Waals surface area contributed by atoms with E-state index in [-0.39, 0.29) is 11.3 Å². The summed E-state index contributed by atoms with van der Waals surface area (Å²) in [6.45, 7) is 3.07. The van der Waals surface area contributed by atoms with E-state index in [2.05, 4.69) is 10.1 Å². The van der Waals surface area contributed by atoms with Gasteiger partial charge in [-0.1, -0.05) is 5.16 Å². The maximum Gasteiger partial charge on any atom is 0.267 e. The van der Waals surface area contributed by atoms with E-state index in [0.29, 0.717) is 23.4 Å². The normalized spacial score (nSPS) is 15.8. The van der Waals surface area contributed by atoms with Crippen molar-refractivity contribution < 1.29 is 18.4 Å². The van der Waals surface area contributed by atoms with Gasteiger partial charge in [0.25, 0.3) is 5.89 Å². The van der Waals surface area contributed by atoms with E-state index in [1.165, 1.54) is 19.1 Å². The summed E-state index contributed by atoms with van der Waals surface area (Å²) in [5.41, 5.74) is 0.0452. The molecule has 1 fully saturated rings. The molecule has 1 heterocycles.